The van der Waals surface area contributed by atoms with Crippen molar-refractivity contribution in [3.05, 3.63) is 35.4 Å². The van der Waals surface area contributed by atoms with Crippen molar-refractivity contribution in [2.24, 2.45) is 5.41 Å². The number of likely N-dealkylation sites (tertiary alicyclic amines) is 1. The highest BCUT2D eigenvalue weighted by Crippen LogP contribution is 2.50. The molecule has 1 spiro atoms. The number of rotatable bonds is 4. The zero-order chi connectivity index (χ0) is 19.7. The number of hydrogen-bond donors (Lipinski definition) is 1. The fourth-order valence-corrected chi connectivity index (χ4v) is 5.04. The summed E-state index contributed by atoms with van der Waals surface area (Å²) in [4.78, 5) is 19.7. The average Bonchev–Trinajstić information content (AvgIpc) is 2.73. The van der Waals surface area contributed by atoms with Gasteiger partial charge >= 0.3 is 0 Å². The zero-order valence-electron chi connectivity index (χ0n) is 17.1. The van der Waals surface area contributed by atoms with Crippen LogP contribution in [-0.2, 0) is 11.3 Å². The number of benzene rings is 1. The third kappa shape index (κ3) is 3.71. The first kappa shape index (κ1) is 19.8. The van der Waals surface area contributed by atoms with E-state index in [1.807, 2.05) is 17.0 Å². The Labute approximate surface area is 168 Å². The zero-order valence-corrected chi connectivity index (χ0v) is 17.1. The highest BCUT2D eigenvalue weighted by Gasteiger charge is 2.56. The van der Waals surface area contributed by atoms with Crippen molar-refractivity contribution >= 4 is 5.91 Å². The number of amides is 1. The molecule has 3 aliphatic rings. The average molecular weight is 388 g/mol. The second-order valence-corrected chi connectivity index (χ2v) is 8.78. The van der Waals surface area contributed by atoms with Crippen molar-refractivity contribution in [2.45, 2.75) is 38.0 Å². The second kappa shape index (κ2) is 8.11. The quantitative estimate of drug-likeness (QED) is 0.847. The molecule has 6 heteroatoms. The summed E-state index contributed by atoms with van der Waals surface area (Å²) in [5, 5.41) is 10.3. The Morgan fingerprint density at radius 1 is 1.11 bits per heavy atom. The molecule has 3 fully saturated rings. The molecule has 1 aromatic carbocycles. The Hall–Kier alpha value is -1.47. The molecule has 2 saturated heterocycles. The van der Waals surface area contributed by atoms with E-state index in [9.17, 15) is 9.90 Å². The van der Waals surface area contributed by atoms with Gasteiger partial charge in [-0.1, -0.05) is 12.1 Å². The molecule has 0 radical (unpaired) electrons. The monoisotopic (exact) mass is 387 g/mol. The van der Waals surface area contributed by atoms with Crippen LogP contribution in [0.2, 0.25) is 0 Å². The van der Waals surface area contributed by atoms with E-state index in [0.717, 1.165) is 57.5 Å². The van der Waals surface area contributed by atoms with Crippen LogP contribution < -0.4 is 0 Å². The van der Waals surface area contributed by atoms with Crippen LogP contribution in [0.3, 0.4) is 0 Å². The molecule has 28 heavy (non-hydrogen) atoms. The molecule has 2 atom stereocenters. The van der Waals surface area contributed by atoms with Crippen molar-refractivity contribution in [1.29, 1.82) is 0 Å². The smallest absolute Gasteiger partial charge is 0.253 e. The summed E-state index contributed by atoms with van der Waals surface area (Å²) < 4.78 is 5.54. The number of carbonyl (C=O) groups excluding carboxylic acids is 1. The summed E-state index contributed by atoms with van der Waals surface area (Å²) in [5.74, 6) is 0.101. The number of carbonyl (C=O) groups is 1. The van der Waals surface area contributed by atoms with Gasteiger partial charge in [0.2, 0.25) is 0 Å². The number of piperazine rings is 1. The molecule has 0 bridgehead atoms. The lowest BCUT2D eigenvalue weighted by Gasteiger charge is -2.56. The van der Waals surface area contributed by atoms with Gasteiger partial charge in [0.1, 0.15) is 0 Å². The summed E-state index contributed by atoms with van der Waals surface area (Å²) in [7, 11) is 3.89. The highest BCUT2D eigenvalue weighted by molar-refractivity contribution is 5.94. The van der Waals surface area contributed by atoms with Gasteiger partial charge in [-0.05, 0) is 37.6 Å². The van der Waals surface area contributed by atoms with Crippen LogP contribution in [0.4, 0.5) is 0 Å². The minimum atomic E-state index is -0.288. The Morgan fingerprint density at radius 2 is 1.75 bits per heavy atom. The molecule has 1 saturated carbocycles. The van der Waals surface area contributed by atoms with Gasteiger partial charge in [0.25, 0.3) is 5.91 Å². The van der Waals surface area contributed by atoms with E-state index in [-0.39, 0.29) is 23.5 Å². The van der Waals surface area contributed by atoms with Gasteiger partial charge in [-0.2, -0.15) is 0 Å². The second-order valence-electron chi connectivity index (χ2n) is 8.78. The molecule has 154 valence electrons. The topological polar surface area (TPSA) is 56.3 Å². The summed E-state index contributed by atoms with van der Waals surface area (Å²) in [6.45, 7) is 6.77. The minimum absolute atomic E-state index is 0.101. The molecular formula is C22H33N3O3. The van der Waals surface area contributed by atoms with E-state index < -0.39 is 0 Å². The Bertz CT molecular complexity index is 677. The standard InChI is InChI=1S/C22H33N3O3/c1-23-11-13-24(14-12-23)16-17-3-5-18(6-4-17)21(27)25-9-7-22(8-10-25)19(26)15-20(22)28-2/h3-6,19-20,26H,7-16H2,1-2H3/t19-,20+/m0/s1. The van der Waals surface area contributed by atoms with Gasteiger partial charge in [0, 0.05) is 70.3 Å². The van der Waals surface area contributed by atoms with Crippen molar-refractivity contribution in [2.75, 3.05) is 53.4 Å². The van der Waals surface area contributed by atoms with Crippen molar-refractivity contribution in [3.8, 4) is 0 Å². The van der Waals surface area contributed by atoms with Gasteiger partial charge in [-0.25, -0.2) is 0 Å². The van der Waals surface area contributed by atoms with Crippen molar-refractivity contribution < 1.29 is 14.6 Å². The lowest BCUT2D eigenvalue weighted by atomic mass is 9.58. The number of piperidine rings is 1. The van der Waals surface area contributed by atoms with Crippen LogP contribution in [0.1, 0.15) is 35.2 Å². The van der Waals surface area contributed by atoms with E-state index in [4.69, 9.17) is 4.74 Å². The number of likely N-dealkylation sites (N-methyl/N-ethyl adjacent to an activating group) is 1. The van der Waals surface area contributed by atoms with Crippen LogP contribution in [0.25, 0.3) is 0 Å². The van der Waals surface area contributed by atoms with E-state index >= 15 is 0 Å². The first-order valence-corrected chi connectivity index (χ1v) is 10.5. The fraction of sp³-hybridized carbons (Fsp3) is 0.682. The van der Waals surface area contributed by atoms with Gasteiger partial charge < -0.3 is 19.6 Å². The van der Waals surface area contributed by atoms with Crippen LogP contribution in [0.5, 0.6) is 0 Å². The van der Waals surface area contributed by atoms with Crippen LogP contribution in [0, 0.1) is 5.41 Å². The molecule has 1 aliphatic carbocycles. The first-order valence-electron chi connectivity index (χ1n) is 10.5. The number of nitrogens with zero attached hydrogens (tertiary/aromatic N) is 3. The molecule has 2 heterocycles. The molecule has 1 amide bonds. The largest absolute Gasteiger partial charge is 0.392 e. The molecular weight excluding hydrogens is 354 g/mol. The molecule has 6 nitrogen and oxygen atoms in total. The predicted octanol–water partition coefficient (Wildman–Crippen LogP) is 1.44. The summed E-state index contributed by atoms with van der Waals surface area (Å²) >= 11 is 0. The van der Waals surface area contributed by atoms with Crippen LogP contribution in [-0.4, -0.2) is 91.3 Å². The number of methoxy groups -OCH3 is 1. The lowest BCUT2D eigenvalue weighted by molar-refractivity contribution is -0.199. The van der Waals surface area contributed by atoms with E-state index in [1.165, 1.54) is 5.56 Å². The van der Waals surface area contributed by atoms with E-state index in [0.29, 0.717) is 13.1 Å². The first-order chi connectivity index (χ1) is 13.5. The molecule has 2 aliphatic heterocycles. The number of aliphatic hydroxyl groups excluding tert-OH is 1. The normalized spacial score (nSPS) is 28.3. The highest BCUT2D eigenvalue weighted by atomic mass is 16.5. The van der Waals surface area contributed by atoms with Gasteiger partial charge in [0.15, 0.2) is 0 Å². The summed E-state index contributed by atoms with van der Waals surface area (Å²) in [5.41, 5.74) is 1.88. The summed E-state index contributed by atoms with van der Waals surface area (Å²) in [6.07, 6.45) is 2.20. The van der Waals surface area contributed by atoms with Gasteiger partial charge in [-0.3, -0.25) is 9.69 Å². The Kier molecular flexibility index (Phi) is 5.74. The summed E-state index contributed by atoms with van der Waals surface area (Å²) in [6, 6.07) is 8.11. The molecule has 0 aromatic heterocycles. The minimum Gasteiger partial charge on any atom is -0.392 e. The number of aliphatic hydroxyl groups is 1. The van der Waals surface area contributed by atoms with Gasteiger partial charge in [-0.15, -0.1) is 0 Å². The SMILES string of the molecule is CO[C@@H]1C[C@H](O)C12CCN(C(=O)c1ccc(CN3CCN(C)CC3)cc1)CC2. The molecule has 0 unspecified atom stereocenters. The van der Waals surface area contributed by atoms with Crippen LogP contribution >= 0.6 is 0 Å². The third-order valence-electron chi connectivity index (χ3n) is 7.21. The van der Waals surface area contributed by atoms with Crippen molar-refractivity contribution in [1.82, 2.24) is 14.7 Å². The maximum atomic E-state index is 12.9. The maximum absolute atomic E-state index is 12.9. The Balaban J connectivity index is 1.32. The van der Waals surface area contributed by atoms with Crippen molar-refractivity contribution in [3.63, 3.8) is 0 Å². The van der Waals surface area contributed by atoms with Crippen LogP contribution in [0.15, 0.2) is 24.3 Å². The molecule has 1 N–H and O–H groups in total. The molecule has 4 rings (SSSR count). The lowest BCUT2D eigenvalue weighted by Crippen LogP contribution is -2.62. The maximum Gasteiger partial charge on any atom is 0.253 e. The van der Waals surface area contributed by atoms with E-state index in [1.54, 1.807) is 7.11 Å². The number of hydrogen-bond acceptors (Lipinski definition) is 5. The fourth-order valence-electron chi connectivity index (χ4n) is 5.04. The molecule has 1 aromatic rings. The third-order valence-corrected chi connectivity index (χ3v) is 7.21. The van der Waals surface area contributed by atoms with Gasteiger partial charge in [0.05, 0.1) is 12.2 Å². The van der Waals surface area contributed by atoms with E-state index in [2.05, 4.69) is 29.0 Å². The predicted molar refractivity (Wildman–Crippen MR) is 108 cm³/mol. The Morgan fingerprint density at radius 3 is 2.32 bits per heavy atom. The number of ether oxygens (including phenoxy) is 1.